The van der Waals surface area contributed by atoms with Crippen LogP contribution < -0.4 is 10.1 Å². The number of amides is 1. The highest BCUT2D eigenvalue weighted by Gasteiger charge is 2.20. The van der Waals surface area contributed by atoms with Gasteiger partial charge in [0, 0.05) is 45.5 Å². The van der Waals surface area contributed by atoms with Crippen LogP contribution in [0.4, 0.5) is 0 Å². The molecule has 0 atom stereocenters. The number of nitrogens with one attached hydrogen (secondary N) is 1. The summed E-state index contributed by atoms with van der Waals surface area (Å²) in [7, 11) is 1.72. The minimum atomic E-state index is -0.112. The summed E-state index contributed by atoms with van der Waals surface area (Å²) in [5.41, 5.74) is 0. The Balaban J connectivity index is 1.65. The minimum absolute atomic E-state index is 0.0218. The first-order valence-corrected chi connectivity index (χ1v) is 8.92. The van der Waals surface area contributed by atoms with Crippen LogP contribution in [-0.2, 0) is 9.53 Å². The molecular weight excluding hydrogens is 351 g/mol. The second-order valence-electron chi connectivity index (χ2n) is 5.89. The van der Waals surface area contributed by atoms with Crippen LogP contribution in [0.3, 0.4) is 0 Å². The van der Waals surface area contributed by atoms with Gasteiger partial charge < -0.3 is 19.7 Å². The largest absolute Gasteiger partial charge is 0.484 e. The Bertz CT molecular complexity index is 535. The fraction of sp³-hybridized carbons (Fsp3) is 0.588. The maximum absolute atomic E-state index is 12.0. The van der Waals surface area contributed by atoms with E-state index in [1.54, 1.807) is 25.3 Å². The first-order valence-electron chi connectivity index (χ1n) is 8.17. The fourth-order valence-corrected chi connectivity index (χ4v) is 3.01. The van der Waals surface area contributed by atoms with Gasteiger partial charge in [0.05, 0.1) is 10.0 Å². The van der Waals surface area contributed by atoms with Crippen molar-refractivity contribution in [3.63, 3.8) is 0 Å². The van der Waals surface area contributed by atoms with Gasteiger partial charge in [-0.3, -0.25) is 4.79 Å². The van der Waals surface area contributed by atoms with E-state index in [1.807, 2.05) is 0 Å². The third-order valence-corrected chi connectivity index (χ3v) is 4.78. The molecule has 0 spiro atoms. The van der Waals surface area contributed by atoms with E-state index < -0.39 is 0 Å². The molecule has 5 nitrogen and oxygen atoms in total. The molecule has 134 valence electrons. The number of halogens is 2. The Kier molecular flexibility index (Phi) is 8.12. The first kappa shape index (κ1) is 19.3. The van der Waals surface area contributed by atoms with Gasteiger partial charge in [-0.2, -0.15) is 0 Å². The predicted octanol–water partition coefficient (Wildman–Crippen LogP) is 2.99. The Labute approximate surface area is 153 Å². The number of carbonyl (C=O) groups is 1. The maximum atomic E-state index is 12.0. The molecule has 1 aliphatic rings. The third-order valence-electron chi connectivity index (χ3n) is 4.04. The number of benzene rings is 1. The Morgan fingerprint density at radius 3 is 2.71 bits per heavy atom. The van der Waals surface area contributed by atoms with Gasteiger partial charge in [-0.1, -0.05) is 23.2 Å². The molecule has 0 aromatic heterocycles. The van der Waals surface area contributed by atoms with Gasteiger partial charge in [-0.25, -0.2) is 0 Å². The summed E-state index contributed by atoms with van der Waals surface area (Å²) in [5.74, 6) is 0.423. The lowest BCUT2D eigenvalue weighted by atomic mass is 10.0. The molecule has 24 heavy (non-hydrogen) atoms. The molecule has 1 N–H and O–H groups in total. The van der Waals surface area contributed by atoms with Gasteiger partial charge in [0.2, 0.25) is 0 Å². The van der Waals surface area contributed by atoms with Gasteiger partial charge in [0.15, 0.2) is 6.61 Å². The first-order chi connectivity index (χ1) is 11.6. The van der Waals surface area contributed by atoms with Crippen LogP contribution in [0.15, 0.2) is 18.2 Å². The Morgan fingerprint density at radius 1 is 1.29 bits per heavy atom. The molecule has 1 fully saturated rings. The summed E-state index contributed by atoms with van der Waals surface area (Å²) in [6, 6.07) is 5.17. The van der Waals surface area contributed by atoms with E-state index in [2.05, 4.69) is 10.2 Å². The molecule has 0 unspecified atom stereocenters. The van der Waals surface area contributed by atoms with Crippen LogP contribution in [-0.4, -0.2) is 56.8 Å². The molecule has 1 amide bonds. The molecule has 0 saturated carbocycles. The minimum Gasteiger partial charge on any atom is -0.484 e. The highest BCUT2D eigenvalue weighted by atomic mass is 35.5. The normalized spacial score (nSPS) is 16.1. The van der Waals surface area contributed by atoms with Crippen molar-refractivity contribution < 1.29 is 14.3 Å². The van der Waals surface area contributed by atoms with Crippen LogP contribution in [0.1, 0.15) is 19.3 Å². The average Bonchev–Trinajstić information content (AvgIpc) is 2.58. The second kappa shape index (κ2) is 10.1. The lowest BCUT2D eigenvalue weighted by Gasteiger charge is -2.32. The molecule has 2 rings (SSSR count). The summed E-state index contributed by atoms with van der Waals surface area (Å²) < 4.78 is 10.5. The van der Waals surface area contributed by atoms with Crippen LogP contribution >= 0.6 is 23.2 Å². The number of piperidine rings is 1. The van der Waals surface area contributed by atoms with E-state index in [1.165, 1.54) is 0 Å². The smallest absolute Gasteiger partial charge is 0.258 e. The van der Waals surface area contributed by atoms with E-state index in [9.17, 15) is 4.79 Å². The zero-order chi connectivity index (χ0) is 17.4. The van der Waals surface area contributed by atoms with Crippen molar-refractivity contribution in [1.82, 2.24) is 10.2 Å². The molecule has 0 aliphatic carbocycles. The summed E-state index contributed by atoms with van der Waals surface area (Å²) in [4.78, 5) is 14.4. The molecule has 0 radical (unpaired) electrons. The molecule has 1 aromatic carbocycles. The van der Waals surface area contributed by atoms with Crippen LogP contribution in [0, 0.1) is 0 Å². The van der Waals surface area contributed by atoms with Crippen molar-refractivity contribution in [2.75, 3.05) is 40.0 Å². The molecule has 1 aliphatic heterocycles. The number of ether oxygens (including phenoxy) is 2. The van der Waals surface area contributed by atoms with Gasteiger partial charge >= 0.3 is 0 Å². The zero-order valence-corrected chi connectivity index (χ0v) is 15.4. The van der Waals surface area contributed by atoms with Crippen molar-refractivity contribution >= 4 is 29.1 Å². The van der Waals surface area contributed by atoms with Crippen molar-refractivity contribution in [3.05, 3.63) is 28.2 Å². The van der Waals surface area contributed by atoms with Crippen LogP contribution in [0.5, 0.6) is 5.75 Å². The van der Waals surface area contributed by atoms with E-state index in [0.29, 0.717) is 15.8 Å². The lowest BCUT2D eigenvalue weighted by molar-refractivity contribution is -0.124. The number of methoxy groups -OCH3 is 1. The topological polar surface area (TPSA) is 50.8 Å². The quantitative estimate of drug-likeness (QED) is 0.710. The maximum Gasteiger partial charge on any atom is 0.258 e. The van der Waals surface area contributed by atoms with Gasteiger partial charge in [-0.05, 0) is 31.4 Å². The van der Waals surface area contributed by atoms with E-state index in [4.69, 9.17) is 32.7 Å². The standard InChI is InChI=1S/C17H24Cl2N2O3/c1-23-10-2-7-21-8-5-13(6-9-21)20-17(22)12-24-14-3-4-15(18)16(19)11-14/h3-4,11,13H,2,5-10,12H2,1H3,(H,20,22). The fourth-order valence-electron chi connectivity index (χ4n) is 2.72. The third kappa shape index (κ3) is 6.48. The lowest BCUT2D eigenvalue weighted by Crippen LogP contribution is -2.46. The van der Waals surface area contributed by atoms with Crippen molar-refractivity contribution in [2.45, 2.75) is 25.3 Å². The van der Waals surface area contributed by atoms with Gasteiger partial charge in [0.25, 0.3) is 5.91 Å². The van der Waals surface area contributed by atoms with E-state index in [0.717, 1.165) is 45.5 Å². The monoisotopic (exact) mass is 374 g/mol. The molecule has 1 heterocycles. The predicted molar refractivity (Wildman–Crippen MR) is 96.1 cm³/mol. The van der Waals surface area contributed by atoms with Crippen LogP contribution in [0.25, 0.3) is 0 Å². The van der Waals surface area contributed by atoms with Crippen LogP contribution in [0.2, 0.25) is 10.0 Å². The highest BCUT2D eigenvalue weighted by Crippen LogP contribution is 2.26. The number of rotatable bonds is 8. The number of likely N-dealkylation sites (tertiary alicyclic amines) is 1. The number of hydrogen-bond donors (Lipinski definition) is 1. The average molecular weight is 375 g/mol. The molecular formula is C17H24Cl2N2O3. The molecule has 1 saturated heterocycles. The van der Waals surface area contributed by atoms with E-state index in [-0.39, 0.29) is 18.6 Å². The molecule has 1 aromatic rings. The highest BCUT2D eigenvalue weighted by molar-refractivity contribution is 6.42. The number of nitrogens with zero attached hydrogens (tertiary/aromatic N) is 1. The second-order valence-corrected chi connectivity index (χ2v) is 6.71. The molecule has 7 heteroatoms. The van der Waals surface area contributed by atoms with Gasteiger partial charge in [-0.15, -0.1) is 0 Å². The SMILES string of the molecule is COCCCN1CCC(NC(=O)COc2ccc(Cl)c(Cl)c2)CC1. The van der Waals surface area contributed by atoms with Crippen molar-refractivity contribution in [2.24, 2.45) is 0 Å². The van der Waals surface area contributed by atoms with Gasteiger partial charge in [0.1, 0.15) is 5.75 Å². The summed E-state index contributed by atoms with van der Waals surface area (Å²) >= 11 is 11.8. The summed E-state index contributed by atoms with van der Waals surface area (Å²) in [5, 5.41) is 3.90. The summed E-state index contributed by atoms with van der Waals surface area (Å²) in [6.07, 6.45) is 2.97. The Hall–Kier alpha value is -1.01. The van der Waals surface area contributed by atoms with Crippen molar-refractivity contribution in [1.29, 1.82) is 0 Å². The number of hydrogen-bond acceptors (Lipinski definition) is 4. The molecule has 0 bridgehead atoms. The van der Waals surface area contributed by atoms with E-state index >= 15 is 0 Å². The summed E-state index contributed by atoms with van der Waals surface area (Å²) in [6.45, 7) is 3.83. The Morgan fingerprint density at radius 2 is 2.04 bits per heavy atom. The number of carbonyl (C=O) groups excluding carboxylic acids is 1. The van der Waals surface area contributed by atoms with Crippen molar-refractivity contribution in [3.8, 4) is 5.75 Å². The zero-order valence-electron chi connectivity index (χ0n) is 13.9.